The summed E-state index contributed by atoms with van der Waals surface area (Å²) in [7, 11) is 0. The maximum atomic E-state index is 13.2. The van der Waals surface area contributed by atoms with Crippen molar-refractivity contribution in [1.82, 2.24) is 14.5 Å². The first-order valence-electron chi connectivity index (χ1n) is 8.87. The Morgan fingerprint density at radius 3 is 2.92 bits per heavy atom. The van der Waals surface area contributed by atoms with Crippen LogP contribution in [-0.4, -0.2) is 33.4 Å². The third-order valence-electron chi connectivity index (χ3n) is 5.13. The van der Waals surface area contributed by atoms with Crippen molar-refractivity contribution in [1.29, 1.82) is 0 Å². The van der Waals surface area contributed by atoms with Gasteiger partial charge in [-0.3, -0.25) is 4.79 Å². The monoisotopic (exact) mass is 361 g/mol. The molecular weight excluding hydrogens is 341 g/mol. The maximum absolute atomic E-state index is 13.2. The quantitative estimate of drug-likeness (QED) is 0.822. The van der Waals surface area contributed by atoms with E-state index in [9.17, 15) is 9.18 Å². The topological polar surface area (TPSA) is 38.1 Å². The van der Waals surface area contributed by atoms with Gasteiger partial charge < -0.3 is 9.47 Å². The lowest BCUT2D eigenvalue weighted by molar-refractivity contribution is 0.0703. The molecule has 0 spiro atoms. The fourth-order valence-electron chi connectivity index (χ4n) is 3.62. The summed E-state index contributed by atoms with van der Waals surface area (Å²) < 4.78 is 15.5. The molecule has 4 nitrogen and oxygen atoms in total. The van der Waals surface area contributed by atoms with E-state index in [1.807, 2.05) is 17.3 Å². The van der Waals surface area contributed by atoms with Crippen LogP contribution in [0.5, 0.6) is 0 Å². The highest BCUT2D eigenvalue weighted by Crippen LogP contribution is 2.33. The van der Waals surface area contributed by atoms with E-state index in [4.69, 9.17) is 11.6 Å². The van der Waals surface area contributed by atoms with Crippen molar-refractivity contribution in [2.24, 2.45) is 5.92 Å². The summed E-state index contributed by atoms with van der Waals surface area (Å²) in [4.78, 5) is 19.2. The van der Waals surface area contributed by atoms with Gasteiger partial charge in [0.25, 0.3) is 5.91 Å². The van der Waals surface area contributed by atoms with E-state index < -0.39 is 5.82 Å². The average Bonchev–Trinajstić information content (AvgIpc) is 3.30. The van der Waals surface area contributed by atoms with E-state index in [0.29, 0.717) is 18.7 Å². The maximum Gasteiger partial charge on any atom is 0.255 e. The Bertz CT molecular complexity index is 787. The highest BCUT2D eigenvalue weighted by molar-refractivity contribution is 6.33. The minimum Gasteiger partial charge on any atom is -0.338 e. The van der Waals surface area contributed by atoms with Crippen LogP contribution in [0.2, 0.25) is 5.02 Å². The van der Waals surface area contributed by atoms with Gasteiger partial charge in [0, 0.05) is 37.9 Å². The van der Waals surface area contributed by atoms with Crippen molar-refractivity contribution in [3.63, 3.8) is 0 Å². The zero-order valence-corrected chi connectivity index (χ0v) is 14.8. The summed E-state index contributed by atoms with van der Waals surface area (Å²) in [5.74, 6) is 1.54. The molecule has 6 heteroatoms. The van der Waals surface area contributed by atoms with Crippen LogP contribution < -0.4 is 0 Å². The van der Waals surface area contributed by atoms with E-state index in [1.165, 1.54) is 31.0 Å². The first kappa shape index (κ1) is 16.6. The number of halogens is 2. The molecule has 132 valence electrons. The molecule has 2 aromatic rings. The lowest BCUT2D eigenvalue weighted by Crippen LogP contribution is -2.40. The molecule has 25 heavy (non-hydrogen) atoms. The summed E-state index contributed by atoms with van der Waals surface area (Å²) in [5, 5.41) is 0.169. The number of hydrogen-bond acceptors (Lipinski definition) is 2. The molecule has 4 rings (SSSR count). The van der Waals surface area contributed by atoms with Crippen molar-refractivity contribution >= 4 is 17.5 Å². The fraction of sp³-hybridized carbons (Fsp3) is 0.474. The van der Waals surface area contributed by atoms with Gasteiger partial charge in [-0.2, -0.15) is 0 Å². The second kappa shape index (κ2) is 6.79. The first-order valence-corrected chi connectivity index (χ1v) is 9.25. The van der Waals surface area contributed by atoms with Gasteiger partial charge in [0.2, 0.25) is 0 Å². The van der Waals surface area contributed by atoms with Crippen LogP contribution in [0.3, 0.4) is 0 Å². The number of benzene rings is 1. The molecule has 1 saturated heterocycles. The van der Waals surface area contributed by atoms with Crippen molar-refractivity contribution < 1.29 is 9.18 Å². The number of nitrogens with zero attached hydrogens (tertiary/aromatic N) is 3. The molecule has 1 amide bonds. The van der Waals surface area contributed by atoms with Crippen LogP contribution in [-0.2, 0) is 6.54 Å². The number of hydrogen-bond donors (Lipinski definition) is 0. The van der Waals surface area contributed by atoms with Crippen molar-refractivity contribution in [3.8, 4) is 0 Å². The van der Waals surface area contributed by atoms with E-state index in [1.54, 1.807) is 0 Å². The summed E-state index contributed by atoms with van der Waals surface area (Å²) in [6, 6.07) is 3.94. The molecule has 0 N–H and O–H groups in total. The molecule has 1 aliphatic carbocycles. The van der Waals surface area contributed by atoms with Gasteiger partial charge in [-0.05, 0) is 49.8 Å². The Morgan fingerprint density at radius 2 is 2.16 bits per heavy atom. The number of carbonyl (C=O) groups is 1. The van der Waals surface area contributed by atoms with Gasteiger partial charge in [-0.25, -0.2) is 9.37 Å². The van der Waals surface area contributed by atoms with Crippen LogP contribution in [0, 0.1) is 11.7 Å². The normalized spacial score (nSPS) is 20.7. The molecule has 1 saturated carbocycles. The number of carbonyl (C=O) groups excluding carboxylic acids is 1. The second-order valence-corrected chi connectivity index (χ2v) is 7.50. The van der Waals surface area contributed by atoms with Gasteiger partial charge in [0.05, 0.1) is 10.6 Å². The zero-order valence-electron chi connectivity index (χ0n) is 14.0. The molecule has 1 aliphatic heterocycles. The second-order valence-electron chi connectivity index (χ2n) is 7.10. The molecular formula is C19H21ClFN3O. The van der Waals surface area contributed by atoms with Gasteiger partial charge in [0.1, 0.15) is 11.6 Å². The largest absolute Gasteiger partial charge is 0.338 e. The Kier molecular flexibility index (Phi) is 4.50. The van der Waals surface area contributed by atoms with Gasteiger partial charge in [0.15, 0.2) is 0 Å². The van der Waals surface area contributed by atoms with Crippen LogP contribution in [0.4, 0.5) is 4.39 Å². The minimum atomic E-state index is -0.430. The van der Waals surface area contributed by atoms with Crippen LogP contribution >= 0.6 is 11.6 Å². The van der Waals surface area contributed by atoms with Crippen LogP contribution in [0.15, 0.2) is 30.6 Å². The third-order valence-corrected chi connectivity index (χ3v) is 5.45. The Balaban J connectivity index is 1.50. The van der Waals surface area contributed by atoms with Crippen molar-refractivity contribution in [2.45, 2.75) is 38.1 Å². The van der Waals surface area contributed by atoms with Crippen molar-refractivity contribution in [3.05, 3.63) is 52.8 Å². The van der Waals surface area contributed by atoms with Crippen LogP contribution in [0.1, 0.15) is 47.8 Å². The molecule has 1 aromatic heterocycles. The Morgan fingerprint density at radius 1 is 1.32 bits per heavy atom. The van der Waals surface area contributed by atoms with Gasteiger partial charge in [-0.1, -0.05) is 11.6 Å². The fourth-order valence-corrected chi connectivity index (χ4v) is 3.87. The lowest BCUT2D eigenvalue weighted by atomic mass is 9.96. The standard InChI is InChI=1S/C19H21ClFN3O/c20-17-10-15(21)5-6-16(17)19(25)24-8-1-2-14(12-24)18-22-7-9-23(18)11-13-3-4-13/h5-7,9-10,13-14H,1-4,8,11-12H2/t14-/m0/s1. The van der Waals surface area contributed by atoms with Crippen molar-refractivity contribution in [2.75, 3.05) is 13.1 Å². The van der Waals surface area contributed by atoms with Crippen LogP contribution in [0.25, 0.3) is 0 Å². The summed E-state index contributed by atoms with van der Waals surface area (Å²) in [6.45, 7) is 2.37. The number of likely N-dealkylation sites (tertiary alicyclic amines) is 1. The van der Waals surface area contributed by atoms with E-state index in [2.05, 4.69) is 9.55 Å². The third kappa shape index (κ3) is 3.56. The number of amides is 1. The van der Waals surface area contributed by atoms with E-state index in [-0.39, 0.29) is 16.8 Å². The smallest absolute Gasteiger partial charge is 0.255 e. The molecule has 2 heterocycles. The first-order chi connectivity index (χ1) is 12.1. The van der Waals surface area contributed by atoms with Gasteiger partial charge >= 0.3 is 0 Å². The number of aromatic nitrogens is 2. The average molecular weight is 362 g/mol. The molecule has 1 aromatic carbocycles. The highest BCUT2D eigenvalue weighted by atomic mass is 35.5. The summed E-state index contributed by atoms with van der Waals surface area (Å²) in [6.07, 6.45) is 8.47. The Labute approximate surface area is 151 Å². The number of rotatable bonds is 4. The zero-order chi connectivity index (χ0) is 17.4. The highest BCUT2D eigenvalue weighted by Gasteiger charge is 2.30. The number of imidazole rings is 1. The molecule has 0 unspecified atom stereocenters. The predicted octanol–water partition coefficient (Wildman–Crippen LogP) is 4.11. The van der Waals surface area contributed by atoms with Gasteiger partial charge in [-0.15, -0.1) is 0 Å². The molecule has 0 bridgehead atoms. The van der Waals surface area contributed by atoms with E-state index in [0.717, 1.165) is 31.1 Å². The van der Waals surface area contributed by atoms with E-state index >= 15 is 0 Å². The number of piperidine rings is 1. The molecule has 1 atom stereocenters. The molecule has 2 aliphatic rings. The summed E-state index contributed by atoms with van der Waals surface area (Å²) in [5.41, 5.74) is 0.366. The molecule has 0 radical (unpaired) electrons. The lowest BCUT2D eigenvalue weighted by Gasteiger charge is -2.33. The Hall–Kier alpha value is -1.88. The molecule has 2 fully saturated rings. The predicted molar refractivity (Wildman–Crippen MR) is 94.2 cm³/mol. The minimum absolute atomic E-state index is 0.130. The summed E-state index contributed by atoms with van der Waals surface area (Å²) >= 11 is 6.07. The SMILES string of the molecule is O=C(c1ccc(F)cc1Cl)N1CCC[C@H](c2nccn2CC2CC2)C1.